The minimum Gasteiger partial charge on any atom is -0.406 e. The highest BCUT2D eigenvalue weighted by atomic mass is 32.2. The molecule has 118 valence electrons. The van der Waals surface area contributed by atoms with E-state index in [4.69, 9.17) is 0 Å². The number of rotatable bonds is 4. The van der Waals surface area contributed by atoms with Gasteiger partial charge < -0.3 is 8.92 Å². The van der Waals surface area contributed by atoms with E-state index >= 15 is 0 Å². The van der Waals surface area contributed by atoms with Crippen molar-refractivity contribution in [1.29, 1.82) is 0 Å². The topological polar surface area (TPSA) is 52.6 Å². The third-order valence-electron chi connectivity index (χ3n) is 2.33. The van der Waals surface area contributed by atoms with E-state index in [0.29, 0.717) is 6.07 Å². The number of hydrogen-bond acceptors (Lipinski definition) is 4. The average molecular weight is 336 g/mol. The Morgan fingerprint density at radius 2 is 1.55 bits per heavy atom. The fourth-order valence-corrected chi connectivity index (χ4v) is 2.48. The van der Waals surface area contributed by atoms with Gasteiger partial charge in [0, 0.05) is 12.1 Å². The quantitative estimate of drug-likeness (QED) is 0.633. The molecule has 9 heteroatoms. The smallest absolute Gasteiger partial charge is 0.406 e. The standard InChI is InChI=1S/C13H8F4O4S/c14-9-3-1-5-11(7-9)21-22(18,19)12-6-2-4-10(8-12)20-13(15,16)17/h1-8H. The number of hydrogen-bond donors (Lipinski definition) is 0. The van der Waals surface area contributed by atoms with Crippen molar-refractivity contribution in [2.45, 2.75) is 11.3 Å². The van der Waals surface area contributed by atoms with Gasteiger partial charge in [0.2, 0.25) is 0 Å². The van der Waals surface area contributed by atoms with Gasteiger partial charge in [-0.2, -0.15) is 8.42 Å². The van der Waals surface area contributed by atoms with Crippen LogP contribution in [0, 0.1) is 5.82 Å². The van der Waals surface area contributed by atoms with Gasteiger partial charge in [-0.05, 0) is 24.3 Å². The molecule has 0 amide bonds. The predicted molar refractivity (Wildman–Crippen MR) is 67.3 cm³/mol. The highest BCUT2D eigenvalue weighted by Crippen LogP contribution is 2.26. The largest absolute Gasteiger partial charge is 0.573 e. The van der Waals surface area contributed by atoms with Crippen molar-refractivity contribution in [2.75, 3.05) is 0 Å². The highest BCUT2D eigenvalue weighted by Gasteiger charge is 2.31. The van der Waals surface area contributed by atoms with Crippen LogP contribution in [-0.4, -0.2) is 14.8 Å². The Kier molecular flexibility index (Phi) is 4.27. The van der Waals surface area contributed by atoms with E-state index in [0.717, 1.165) is 30.3 Å². The lowest BCUT2D eigenvalue weighted by atomic mass is 10.3. The van der Waals surface area contributed by atoms with Crippen LogP contribution >= 0.6 is 0 Å². The first kappa shape index (κ1) is 16.1. The third kappa shape index (κ3) is 4.35. The summed E-state index contributed by atoms with van der Waals surface area (Å²) in [4.78, 5) is -0.557. The van der Waals surface area contributed by atoms with Crippen LogP contribution < -0.4 is 8.92 Å². The van der Waals surface area contributed by atoms with Crippen LogP contribution in [0.25, 0.3) is 0 Å². The molecule has 22 heavy (non-hydrogen) atoms. The molecule has 0 aromatic heterocycles. The van der Waals surface area contributed by atoms with E-state index in [1.807, 2.05) is 0 Å². The summed E-state index contributed by atoms with van der Waals surface area (Å²) >= 11 is 0. The molecule has 0 unspecified atom stereocenters. The second-order valence-electron chi connectivity index (χ2n) is 4.02. The molecule has 4 nitrogen and oxygen atoms in total. The lowest BCUT2D eigenvalue weighted by Crippen LogP contribution is -2.17. The molecule has 2 aromatic carbocycles. The normalized spacial score (nSPS) is 12.0. The molecule has 0 radical (unpaired) electrons. The maximum atomic E-state index is 13.0. The van der Waals surface area contributed by atoms with Gasteiger partial charge in [0.1, 0.15) is 22.2 Å². The van der Waals surface area contributed by atoms with Crippen LogP contribution in [0.1, 0.15) is 0 Å². The van der Waals surface area contributed by atoms with Crippen LogP contribution in [0.15, 0.2) is 53.4 Å². The van der Waals surface area contributed by atoms with Gasteiger partial charge >= 0.3 is 16.5 Å². The monoisotopic (exact) mass is 336 g/mol. The maximum absolute atomic E-state index is 13.0. The van der Waals surface area contributed by atoms with Crippen LogP contribution in [0.2, 0.25) is 0 Å². The van der Waals surface area contributed by atoms with E-state index in [9.17, 15) is 26.0 Å². The minimum atomic E-state index is -4.95. The molecule has 2 rings (SSSR count). The molecule has 0 N–H and O–H groups in total. The molecule has 2 aromatic rings. The predicted octanol–water partition coefficient (Wildman–Crippen LogP) is 3.49. The van der Waals surface area contributed by atoms with Gasteiger partial charge in [0.25, 0.3) is 0 Å². The molecule has 0 bridgehead atoms. The number of halogens is 4. The fourth-order valence-electron chi connectivity index (χ4n) is 1.52. The summed E-state index contributed by atoms with van der Waals surface area (Å²) in [6.45, 7) is 0. The lowest BCUT2D eigenvalue weighted by molar-refractivity contribution is -0.274. The summed E-state index contributed by atoms with van der Waals surface area (Å²) in [5.41, 5.74) is 0. The summed E-state index contributed by atoms with van der Waals surface area (Å²) < 4.78 is 81.5. The van der Waals surface area contributed by atoms with Crippen molar-refractivity contribution >= 4 is 10.1 Å². The second kappa shape index (κ2) is 5.84. The molecule has 0 aliphatic heterocycles. The Morgan fingerprint density at radius 1 is 0.909 bits per heavy atom. The summed E-state index contributed by atoms with van der Waals surface area (Å²) in [6.07, 6.45) is -4.95. The third-order valence-corrected chi connectivity index (χ3v) is 3.57. The van der Waals surface area contributed by atoms with Gasteiger partial charge in [-0.1, -0.05) is 12.1 Å². The molecular formula is C13H8F4O4S. The number of benzene rings is 2. The van der Waals surface area contributed by atoms with Crippen LogP contribution in [0.3, 0.4) is 0 Å². The Balaban J connectivity index is 2.28. The van der Waals surface area contributed by atoms with Crippen LogP contribution in [0.5, 0.6) is 11.5 Å². The highest BCUT2D eigenvalue weighted by molar-refractivity contribution is 7.87. The fraction of sp³-hybridized carbons (Fsp3) is 0.0769. The zero-order valence-corrected chi connectivity index (χ0v) is 11.5. The summed E-state index contributed by atoms with van der Waals surface area (Å²) in [7, 11) is -4.42. The summed E-state index contributed by atoms with van der Waals surface area (Å²) in [6, 6.07) is 8.00. The zero-order chi connectivity index (χ0) is 16.4. The maximum Gasteiger partial charge on any atom is 0.573 e. The van der Waals surface area contributed by atoms with E-state index in [-0.39, 0.29) is 5.75 Å². The number of alkyl halides is 3. The van der Waals surface area contributed by atoms with Crippen molar-refractivity contribution in [3.63, 3.8) is 0 Å². The molecular weight excluding hydrogens is 328 g/mol. The molecule has 0 heterocycles. The molecule has 0 aliphatic rings. The lowest BCUT2D eigenvalue weighted by Gasteiger charge is -2.11. The van der Waals surface area contributed by atoms with Crippen molar-refractivity contribution in [3.05, 3.63) is 54.3 Å². The first-order valence-electron chi connectivity index (χ1n) is 5.72. The van der Waals surface area contributed by atoms with Gasteiger partial charge in [0.15, 0.2) is 0 Å². The van der Waals surface area contributed by atoms with Crippen molar-refractivity contribution in [2.24, 2.45) is 0 Å². The Hall–Kier alpha value is -2.29. The minimum absolute atomic E-state index is 0.304. The van der Waals surface area contributed by atoms with E-state index in [1.54, 1.807) is 0 Å². The van der Waals surface area contributed by atoms with Gasteiger partial charge in [0.05, 0.1) is 0 Å². The van der Waals surface area contributed by atoms with Crippen molar-refractivity contribution in [3.8, 4) is 11.5 Å². The van der Waals surface area contributed by atoms with Gasteiger partial charge in [-0.15, -0.1) is 13.2 Å². The average Bonchev–Trinajstić information content (AvgIpc) is 2.36. The second-order valence-corrected chi connectivity index (χ2v) is 5.56. The van der Waals surface area contributed by atoms with Crippen LogP contribution in [-0.2, 0) is 10.1 Å². The first-order chi connectivity index (χ1) is 10.2. The van der Waals surface area contributed by atoms with Crippen molar-refractivity contribution < 1.29 is 34.9 Å². The van der Waals surface area contributed by atoms with E-state index in [2.05, 4.69) is 8.92 Å². The van der Waals surface area contributed by atoms with Gasteiger partial charge in [-0.25, -0.2) is 4.39 Å². The summed E-state index contributed by atoms with van der Waals surface area (Å²) in [5.74, 6) is -1.74. The zero-order valence-electron chi connectivity index (χ0n) is 10.7. The molecule has 0 spiro atoms. The molecule has 0 fully saturated rings. The van der Waals surface area contributed by atoms with Gasteiger partial charge in [-0.3, -0.25) is 0 Å². The Morgan fingerprint density at radius 3 is 2.18 bits per heavy atom. The Bertz CT molecular complexity index is 772. The van der Waals surface area contributed by atoms with E-state index in [1.165, 1.54) is 12.1 Å². The molecule has 0 aliphatic carbocycles. The first-order valence-corrected chi connectivity index (χ1v) is 7.12. The number of ether oxygens (including phenoxy) is 1. The molecule has 0 saturated heterocycles. The summed E-state index contributed by atoms with van der Waals surface area (Å²) in [5, 5.41) is 0. The van der Waals surface area contributed by atoms with E-state index < -0.39 is 32.9 Å². The van der Waals surface area contributed by atoms with Crippen LogP contribution in [0.4, 0.5) is 17.6 Å². The SMILES string of the molecule is O=S(=O)(Oc1cccc(F)c1)c1cccc(OC(F)(F)F)c1. The molecule has 0 saturated carbocycles. The molecule has 0 atom stereocenters. The van der Waals surface area contributed by atoms with Crippen molar-refractivity contribution in [1.82, 2.24) is 0 Å². The Labute approximate surface area is 123 Å².